The van der Waals surface area contributed by atoms with Gasteiger partial charge in [0.25, 0.3) is 0 Å². The van der Waals surface area contributed by atoms with Gasteiger partial charge < -0.3 is 19.0 Å². The molecule has 0 atom stereocenters. The SMILES string of the molecule is COC(=O)c1cccn2c(C3CCOCC3)nc(C(=O)O)c12. The maximum atomic E-state index is 11.9. The van der Waals surface area contributed by atoms with E-state index in [0.717, 1.165) is 12.8 Å². The van der Waals surface area contributed by atoms with Crippen molar-refractivity contribution in [2.24, 2.45) is 0 Å². The number of esters is 1. The molecule has 3 rings (SSSR count). The normalized spacial score (nSPS) is 15.9. The van der Waals surface area contributed by atoms with E-state index in [1.165, 1.54) is 7.11 Å². The zero-order valence-electron chi connectivity index (χ0n) is 12.1. The lowest BCUT2D eigenvalue weighted by molar-refractivity contribution is 0.0602. The first kappa shape index (κ1) is 14.5. The molecule has 0 bridgehead atoms. The quantitative estimate of drug-likeness (QED) is 0.868. The van der Waals surface area contributed by atoms with Crippen molar-refractivity contribution in [3.05, 3.63) is 35.4 Å². The Morgan fingerprint density at radius 1 is 1.41 bits per heavy atom. The van der Waals surface area contributed by atoms with E-state index in [2.05, 4.69) is 4.98 Å². The third-order valence-electron chi connectivity index (χ3n) is 3.89. The van der Waals surface area contributed by atoms with Gasteiger partial charge in [0.1, 0.15) is 5.82 Å². The second-order valence-electron chi connectivity index (χ2n) is 5.14. The van der Waals surface area contributed by atoms with Gasteiger partial charge in [-0.3, -0.25) is 0 Å². The second-order valence-corrected chi connectivity index (χ2v) is 5.14. The van der Waals surface area contributed by atoms with Crippen LogP contribution in [-0.4, -0.2) is 46.8 Å². The van der Waals surface area contributed by atoms with E-state index in [9.17, 15) is 14.7 Å². The van der Waals surface area contributed by atoms with Crippen molar-refractivity contribution in [2.75, 3.05) is 20.3 Å². The number of aromatic nitrogens is 2. The fourth-order valence-corrected chi connectivity index (χ4v) is 2.83. The van der Waals surface area contributed by atoms with Crippen molar-refractivity contribution in [2.45, 2.75) is 18.8 Å². The summed E-state index contributed by atoms with van der Waals surface area (Å²) in [5.74, 6) is -0.970. The maximum Gasteiger partial charge on any atom is 0.356 e. The summed E-state index contributed by atoms with van der Waals surface area (Å²) in [4.78, 5) is 27.7. The van der Waals surface area contributed by atoms with Gasteiger partial charge >= 0.3 is 11.9 Å². The van der Waals surface area contributed by atoms with Gasteiger partial charge in [0.05, 0.1) is 18.2 Å². The summed E-state index contributed by atoms with van der Waals surface area (Å²) in [5, 5.41) is 9.42. The van der Waals surface area contributed by atoms with Crippen molar-refractivity contribution in [3.63, 3.8) is 0 Å². The Hall–Kier alpha value is -2.41. The maximum absolute atomic E-state index is 11.9. The van der Waals surface area contributed by atoms with Crippen LogP contribution in [0.25, 0.3) is 5.52 Å². The van der Waals surface area contributed by atoms with Crippen molar-refractivity contribution in [1.82, 2.24) is 9.38 Å². The average Bonchev–Trinajstić information content (AvgIpc) is 2.95. The minimum atomic E-state index is -1.16. The number of hydrogen-bond acceptors (Lipinski definition) is 5. The van der Waals surface area contributed by atoms with E-state index in [0.29, 0.717) is 19.0 Å². The summed E-state index contributed by atoms with van der Waals surface area (Å²) in [6.07, 6.45) is 3.28. The molecular weight excluding hydrogens is 288 g/mol. The van der Waals surface area contributed by atoms with Crippen molar-refractivity contribution >= 4 is 17.5 Å². The molecule has 7 nitrogen and oxygen atoms in total. The van der Waals surface area contributed by atoms with Gasteiger partial charge in [0, 0.05) is 25.3 Å². The van der Waals surface area contributed by atoms with Crippen LogP contribution in [0.3, 0.4) is 0 Å². The Morgan fingerprint density at radius 2 is 2.14 bits per heavy atom. The lowest BCUT2D eigenvalue weighted by Crippen LogP contribution is -2.16. The highest BCUT2D eigenvalue weighted by molar-refractivity contribution is 6.04. The zero-order valence-corrected chi connectivity index (χ0v) is 12.1. The smallest absolute Gasteiger partial charge is 0.356 e. The van der Waals surface area contributed by atoms with Crippen LogP contribution in [0, 0.1) is 0 Å². The van der Waals surface area contributed by atoms with Crippen LogP contribution in [0.4, 0.5) is 0 Å². The third kappa shape index (κ3) is 2.33. The summed E-state index contributed by atoms with van der Waals surface area (Å²) in [7, 11) is 1.27. The fourth-order valence-electron chi connectivity index (χ4n) is 2.83. The lowest BCUT2D eigenvalue weighted by atomic mass is 9.99. The van der Waals surface area contributed by atoms with Crippen molar-refractivity contribution in [3.8, 4) is 0 Å². The highest BCUT2D eigenvalue weighted by atomic mass is 16.5. The molecule has 22 heavy (non-hydrogen) atoms. The summed E-state index contributed by atoms with van der Waals surface area (Å²) < 4.78 is 11.8. The van der Waals surface area contributed by atoms with Gasteiger partial charge in [0.2, 0.25) is 0 Å². The van der Waals surface area contributed by atoms with Crippen LogP contribution < -0.4 is 0 Å². The van der Waals surface area contributed by atoms with Gasteiger partial charge in [0.15, 0.2) is 5.69 Å². The Bertz CT molecular complexity index is 731. The molecule has 0 aliphatic carbocycles. The van der Waals surface area contributed by atoms with Gasteiger partial charge in [-0.25, -0.2) is 14.6 Å². The van der Waals surface area contributed by atoms with Crippen molar-refractivity contribution in [1.29, 1.82) is 0 Å². The number of nitrogens with zero attached hydrogens (tertiary/aromatic N) is 2. The molecule has 2 aromatic heterocycles. The first-order valence-electron chi connectivity index (χ1n) is 7.03. The molecule has 0 radical (unpaired) electrons. The van der Waals surface area contributed by atoms with Gasteiger partial charge in [-0.1, -0.05) is 0 Å². The minimum absolute atomic E-state index is 0.113. The molecule has 0 unspecified atom stereocenters. The highest BCUT2D eigenvalue weighted by Crippen LogP contribution is 2.29. The van der Waals surface area contributed by atoms with Crippen LogP contribution >= 0.6 is 0 Å². The molecule has 1 N–H and O–H groups in total. The number of hydrogen-bond donors (Lipinski definition) is 1. The molecular formula is C15H16N2O5. The first-order chi connectivity index (χ1) is 10.6. The fraction of sp³-hybridized carbons (Fsp3) is 0.400. The van der Waals surface area contributed by atoms with Gasteiger partial charge in [-0.2, -0.15) is 0 Å². The number of carboxylic acids is 1. The van der Waals surface area contributed by atoms with Crippen LogP contribution in [0.1, 0.15) is 45.4 Å². The standard InChI is InChI=1S/C15H16N2O5/c1-21-15(20)10-3-2-6-17-12(10)11(14(18)19)16-13(17)9-4-7-22-8-5-9/h2-3,6,9H,4-5,7-8H2,1H3,(H,18,19). The molecule has 1 fully saturated rings. The number of rotatable bonds is 3. The van der Waals surface area contributed by atoms with E-state index >= 15 is 0 Å². The number of carbonyl (C=O) groups excluding carboxylic acids is 1. The van der Waals surface area contributed by atoms with Gasteiger partial charge in [-0.05, 0) is 25.0 Å². The van der Waals surface area contributed by atoms with Crippen molar-refractivity contribution < 1.29 is 24.2 Å². The monoisotopic (exact) mass is 304 g/mol. The van der Waals surface area contributed by atoms with Crippen LogP contribution in [0.15, 0.2) is 18.3 Å². The highest BCUT2D eigenvalue weighted by Gasteiger charge is 2.27. The Labute approximate surface area is 126 Å². The minimum Gasteiger partial charge on any atom is -0.476 e. The summed E-state index contributed by atoms with van der Waals surface area (Å²) >= 11 is 0. The Kier molecular flexibility index (Phi) is 3.81. The number of carbonyl (C=O) groups is 2. The zero-order chi connectivity index (χ0) is 15.7. The topological polar surface area (TPSA) is 90.1 Å². The number of imidazole rings is 1. The average molecular weight is 304 g/mol. The predicted octanol–water partition coefficient (Wildman–Crippen LogP) is 1.71. The summed E-state index contributed by atoms with van der Waals surface area (Å²) in [5.41, 5.74) is 0.360. The molecule has 1 aliphatic rings. The predicted molar refractivity (Wildman–Crippen MR) is 76.3 cm³/mol. The van der Waals surface area contributed by atoms with E-state index in [-0.39, 0.29) is 22.7 Å². The third-order valence-corrected chi connectivity index (χ3v) is 3.89. The number of aromatic carboxylic acids is 1. The van der Waals surface area contributed by atoms with Crippen LogP contribution in [-0.2, 0) is 9.47 Å². The Balaban J connectivity index is 2.22. The molecule has 0 spiro atoms. The van der Waals surface area contributed by atoms with Gasteiger partial charge in [-0.15, -0.1) is 0 Å². The largest absolute Gasteiger partial charge is 0.476 e. The second kappa shape index (κ2) is 5.76. The molecule has 1 aliphatic heterocycles. The number of ether oxygens (including phenoxy) is 2. The number of carboxylic acid groups (broad SMARTS) is 1. The number of pyridine rings is 1. The lowest BCUT2D eigenvalue weighted by Gasteiger charge is -2.21. The number of fused-ring (bicyclic) bond motifs is 1. The number of methoxy groups -OCH3 is 1. The molecule has 116 valence electrons. The van der Waals surface area contributed by atoms with E-state index in [4.69, 9.17) is 9.47 Å². The summed E-state index contributed by atoms with van der Waals surface area (Å²) in [6, 6.07) is 3.23. The molecule has 0 saturated carbocycles. The summed E-state index contributed by atoms with van der Waals surface area (Å²) in [6.45, 7) is 1.25. The van der Waals surface area contributed by atoms with E-state index in [1.807, 2.05) is 0 Å². The molecule has 0 amide bonds. The van der Waals surface area contributed by atoms with E-state index < -0.39 is 11.9 Å². The Morgan fingerprint density at radius 3 is 2.77 bits per heavy atom. The first-order valence-corrected chi connectivity index (χ1v) is 7.03. The molecule has 2 aromatic rings. The molecule has 3 heterocycles. The molecule has 7 heteroatoms. The molecule has 1 saturated heterocycles. The van der Waals surface area contributed by atoms with Crippen LogP contribution in [0.5, 0.6) is 0 Å². The van der Waals surface area contributed by atoms with Crippen LogP contribution in [0.2, 0.25) is 0 Å². The molecule has 0 aromatic carbocycles. The van der Waals surface area contributed by atoms with E-state index in [1.54, 1.807) is 22.7 Å².